The van der Waals surface area contributed by atoms with E-state index in [2.05, 4.69) is 35.6 Å². The summed E-state index contributed by atoms with van der Waals surface area (Å²) < 4.78 is 6.07. The molecule has 3 saturated heterocycles. The minimum atomic E-state index is 0.193. The number of epoxide rings is 1. The molecule has 0 saturated carbocycles. The van der Waals surface area contributed by atoms with Gasteiger partial charge in [-0.3, -0.25) is 0 Å². The predicted octanol–water partition coefficient (Wildman–Crippen LogP) is 2.41. The van der Waals surface area contributed by atoms with Gasteiger partial charge < -0.3 is 10.1 Å². The maximum absolute atomic E-state index is 6.07. The molecule has 16 heavy (non-hydrogen) atoms. The molecule has 1 aromatic carbocycles. The highest BCUT2D eigenvalue weighted by Gasteiger charge is 2.61. The first kappa shape index (κ1) is 9.20. The normalized spacial score (nSPS) is 44.9. The van der Waals surface area contributed by atoms with E-state index in [1.807, 2.05) is 0 Å². The lowest BCUT2D eigenvalue weighted by molar-refractivity contribution is 0.208. The van der Waals surface area contributed by atoms with Gasteiger partial charge >= 0.3 is 0 Å². The van der Waals surface area contributed by atoms with E-state index in [4.69, 9.17) is 4.74 Å². The molecule has 1 aromatic rings. The molecule has 3 aliphatic heterocycles. The number of fused-ring (bicyclic) bond motifs is 2. The largest absolute Gasteiger partial charge is 0.361 e. The lowest BCUT2D eigenvalue weighted by atomic mass is 9.87. The van der Waals surface area contributed by atoms with Gasteiger partial charge in [0.25, 0.3) is 0 Å². The van der Waals surface area contributed by atoms with Crippen molar-refractivity contribution < 1.29 is 4.74 Å². The van der Waals surface area contributed by atoms with Gasteiger partial charge in [-0.15, -0.1) is 0 Å². The van der Waals surface area contributed by atoms with E-state index in [1.54, 1.807) is 0 Å². The average Bonchev–Trinajstić information content (AvgIpc) is 2.89. The number of benzene rings is 1. The van der Waals surface area contributed by atoms with Crippen LogP contribution in [0, 0.1) is 0 Å². The van der Waals surface area contributed by atoms with Crippen LogP contribution in [0.3, 0.4) is 0 Å². The molecule has 1 spiro atoms. The Labute approximate surface area is 96.0 Å². The summed E-state index contributed by atoms with van der Waals surface area (Å²) in [5, 5.41) is 3.68. The molecule has 1 N–H and O–H groups in total. The Bertz CT molecular complexity index is 390. The van der Waals surface area contributed by atoms with Crippen LogP contribution in [0.2, 0.25) is 0 Å². The second kappa shape index (κ2) is 3.08. The fourth-order valence-electron chi connectivity index (χ4n) is 3.65. The van der Waals surface area contributed by atoms with Crippen molar-refractivity contribution in [2.75, 3.05) is 0 Å². The minimum absolute atomic E-state index is 0.193. The number of ether oxygens (including phenoxy) is 1. The smallest absolute Gasteiger partial charge is 0.112 e. The highest BCUT2D eigenvalue weighted by Crippen LogP contribution is 2.58. The van der Waals surface area contributed by atoms with Crippen molar-refractivity contribution in [1.29, 1.82) is 0 Å². The summed E-state index contributed by atoms with van der Waals surface area (Å²) in [5.74, 6) is 0. The molecule has 2 nitrogen and oxygen atoms in total. The fourth-order valence-corrected chi connectivity index (χ4v) is 3.65. The lowest BCUT2D eigenvalue weighted by Crippen LogP contribution is -2.42. The fraction of sp³-hybridized carbons (Fsp3) is 0.571. The van der Waals surface area contributed by atoms with Crippen molar-refractivity contribution >= 4 is 0 Å². The number of rotatable bonds is 1. The summed E-state index contributed by atoms with van der Waals surface area (Å²) in [5.41, 5.74) is 1.56. The highest BCUT2D eigenvalue weighted by atomic mass is 16.6. The van der Waals surface area contributed by atoms with Crippen molar-refractivity contribution in [2.45, 2.75) is 49.5 Å². The van der Waals surface area contributed by atoms with Crippen molar-refractivity contribution in [3.05, 3.63) is 35.9 Å². The van der Waals surface area contributed by atoms with Crippen LogP contribution in [-0.2, 0) is 4.74 Å². The first-order valence-corrected chi connectivity index (χ1v) is 6.35. The van der Waals surface area contributed by atoms with Gasteiger partial charge in [-0.05, 0) is 31.2 Å². The number of hydrogen-bond acceptors (Lipinski definition) is 2. The van der Waals surface area contributed by atoms with Gasteiger partial charge in [-0.1, -0.05) is 30.3 Å². The first-order valence-electron chi connectivity index (χ1n) is 6.35. The quantitative estimate of drug-likeness (QED) is 0.728. The molecule has 3 unspecified atom stereocenters. The standard InChI is InChI=1S/C14H17NO/c1-2-4-10(5-3-1)13-14(16-13)8-11-6-7-12(9-14)15-11/h1-5,11-13,15H,6-9H2. The molecule has 3 aliphatic rings. The third kappa shape index (κ3) is 1.26. The predicted molar refractivity (Wildman–Crippen MR) is 62.2 cm³/mol. The molecule has 84 valence electrons. The van der Waals surface area contributed by atoms with Crippen LogP contribution >= 0.6 is 0 Å². The maximum Gasteiger partial charge on any atom is 0.112 e. The molecule has 2 bridgehead atoms. The van der Waals surface area contributed by atoms with Gasteiger partial charge in [-0.2, -0.15) is 0 Å². The molecule has 2 heteroatoms. The van der Waals surface area contributed by atoms with Crippen LogP contribution in [0.4, 0.5) is 0 Å². The Morgan fingerprint density at radius 2 is 1.75 bits per heavy atom. The van der Waals surface area contributed by atoms with Crippen LogP contribution in [0.1, 0.15) is 37.4 Å². The summed E-state index contributed by atoms with van der Waals surface area (Å²) in [4.78, 5) is 0. The van der Waals surface area contributed by atoms with E-state index < -0.39 is 0 Å². The third-order valence-electron chi connectivity index (χ3n) is 4.39. The van der Waals surface area contributed by atoms with E-state index in [0.717, 1.165) is 0 Å². The average molecular weight is 215 g/mol. The summed E-state index contributed by atoms with van der Waals surface area (Å²) in [7, 11) is 0. The highest BCUT2D eigenvalue weighted by molar-refractivity contribution is 5.28. The van der Waals surface area contributed by atoms with Crippen LogP contribution in [0.25, 0.3) is 0 Å². The van der Waals surface area contributed by atoms with Gasteiger partial charge in [0.2, 0.25) is 0 Å². The van der Waals surface area contributed by atoms with Gasteiger partial charge in [0.1, 0.15) is 11.7 Å². The minimum Gasteiger partial charge on any atom is -0.361 e. The van der Waals surface area contributed by atoms with Gasteiger partial charge in [0, 0.05) is 12.1 Å². The summed E-state index contributed by atoms with van der Waals surface area (Å²) in [6, 6.07) is 12.1. The van der Waals surface area contributed by atoms with E-state index in [1.165, 1.54) is 31.2 Å². The molecule has 0 aliphatic carbocycles. The Kier molecular flexibility index (Phi) is 1.77. The van der Waals surface area contributed by atoms with Crippen molar-refractivity contribution in [1.82, 2.24) is 5.32 Å². The molecule has 0 amide bonds. The van der Waals surface area contributed by atoms with Crippen LogP contribution in [-0.4, -0.2) is 17.7 Å². The molecular formula is C14H17NO. The molecule has 3 fully saturated rings. The van der Waals surface area contributed by atoms with Gasteiger partial charge in [-0.25, -0.2) is 0 Å². The van der Waals surface area contributed by atoms with E-state index >= 15 is 0 Å². The number of piperidine rings is 1. The number of nitrogens with one attached hydrogen (secondary N) is 1. The third-order valence-corrected chi connectivity index (χ3v) is 4.39. The van der Waals surface area contributed by atoms with Crippen molar-refractivity contribution in [2.24, 2.45) is 0 Å². The molecule has 4 rings (SSSR count). The summed E-state index contributed by atoms with van der Waals surface area (Å²) >= 11 is 0. The SMILES string of the molecule is c1ccc(C2OC23CC2CCC(C3)N2)cc1. The zero-order valence-corrected chi connectivity index (χ0v) is 9.36. The monoisotopic (exact) mass is 215 g/mol. The Morgan fingerprint density at radius 1 is 1.06 bits per heavy atom. The Morgan fingerprint density at radius 3 is 2.44 bits per heavy atom. The number of hydrogen-bond donors (Lipinski definition) is 1. The topological polar surface area (TPSA) is 24.6 Å². The summed E-state index contributed by atoms with van der Waals surface area (Å²) in [6.45, 7) is 0. The molecular weight excluding hydrogens is 198 g/mol. The lowest BCUT2D eigenvalue weighted by Gasteiger charge is -2.27. The second-order valence-corrected chi connectivity index (χ2v) is 5.52. The van der Waals surface area contributed by atoms with Crippen LogP contribution in [0.15, 0.2) is 30.3 Å². The Hall–Kier alpha value is -0.860. The maximum atomic E-state index is 6.07. The van der Waals surface area contributed by atoms with Crippen LogP contribution < -0.4 is 5.32 Å². The van der Waals surface area contributed by atoms with Crippen LogP contribution in [0.5, 0.6) is 0 Å². The van der Waals surface area contributed by atoms with Crippen molar-refractivity contribution in [3.8, 4) is 0 Å². The molecule has 3 atom stereocenters. The van der Waals surface area contributed by atoms with E-state index in [9.17, 15) is 0 Å². The zero-order valence-electron chi connectivity index (χ0n) is 9.36. The second-order valence-electron chi connectivity index (χ2n) is 5.52. The van der Waals surface area contributed by atoms with Crippen molar-refractivity contribution in [3.63, 3.8) is 0 Å². The first-order chi connectivity index (χ1) is 7.86. The van der Waals surface area contributed by atoms with E-state index in [-0.39, 0.29) is 5.60 Å². The summed E-state index contributed by atoms with van der Waals surface area (Å²) in [6.07, 6.45) is 5.49. The molecule has 0 aromatic heterocycles. The van der Waals surface area contributed by atoms with Gasteiger partial charge in [0.05, 0.1) is 0 Å². The van der Waals surface area contributed by atoms with E-state index in [0.29, 0.717) is 18.2 Å². The van der Waals surface area contributed by atoms with Gasteiger partial charge in [0.15, 0.2) is 0 Å². The molecule has 0 radical (unpaired) electrons. The zero-order chi connectivity index (χ0) is 10.6. The molecule has 3 heterocycles. The Balaban J connectivity index is 1.59.